The quantitative estimate of drug-likeness (QED) is 0.336. The minimum Gasteiger partial charge on any atom is -0.458 e. The molecule has 10 nitrogen and oxygen atoms in total. The molecule has 5 fully saturated rings. The number of ether oxygens (including phenoxy) is 5. The van der Waals surface area contributed by atoms with Crippen LogP contribution in [0.25, 0.3) is 0 Å². The lowest BCUT2D eigenvalue weighted by molar-refractivity contribution is -0.450. The van der Waals surface area contributed by atoms with E-state index in [2.05, 4.69) is 0 Å². The largest absolute Gasteiger partial charge is 0.458 e. The van der Waals surface area contributed by atoms with Gasteiger partial charge in [-0.15, -0.1) is 0 Å². The predicted molar refractivity (Wildman–Crippen MR) is 137 cm³/mol. The smallest absolute Gasteiger partial charge is 0.331 e. The first kappa shape index (κ1) is 27.2. The van der Waals surface area contributed by atoms with E-state index in [1.165, 1.54) is 13.2 Å². The Morgan fingerprint density at radius 3 is 2.60 bits per heavy atom. The minimum absolute atomic E-state index is 0.118. The van der Waals surface area contributed by atoms with Crippen LogP contribution in [0.15, 0.2) is 23.3 Å². The van der Waals surface area contributed by atoms with Crippen LogP contribution >= 0.6 is 0 Å². The summed E-state index contributed by atoms with van der Waals surface area (Å²) < 4.78 is 29.3. The molecule has 4 aliphatic carbocycles. The number of hydrogen-bond donors (Lipinski definition) is 3. The highest BCUT2D eigenvalue weighted by Gasteiger charge is 2.74. The van der Waals surface area contributed by atoms with Crippen LogP contribution in [0.1, 0.15) is 59.3 Å². The van der Waals surface area contributed by atoms with E-state index in [4.69, 9.17) is 23.7 Å². The number of cyclic esters (lactones) is 1. The van der Waals surface area contributed by atoms with Crippen LogP contribution in [-0.2, 0) is 33.3 Å². The molecule has 40 heavy (non-hydrogen) atoms. The highest BCUT2D eigenvalue weighted by molar-refractivity contribution is 5.93. The van der Waals surface area contributed by atoms with Crippen LogP contribution in [0.5, 0.6) is 0 Å². The van der Waals surface area contributed by atoms with Gasteiger partial charge >= 0.3 is 5.97 Å². The number of methoxy groups -OCH3 is 1. The van der Waals surface area contributed by atoms with Crippen LogP contribution in [0.2, 0.25) is 0 Å². The molecule has 3 saturated carbocycles. The Morgan fingerprint density at radius 1 is 1.12 bits per heavy atom. The summed E-state index contributed by atoms with van der Waals surface area (Å²) in [6, 6.07) is 0. The lowest BCUT2D eigenvalue weighted by atomic mass is 9.43. The minimum atomic E-state index is -1.79. The zero-order chi connectivity index (χ0) is 28.4. The maximum Gasteiger partial charge on any atom is 0.331 e. The predicted octanol–water partition coefficient (Wildman–Crippen LogP) is 1.55. The van der Waals surface area contributed by atoms with Crippen LogP contribution in [-0.4, -0.2) is 89.0 Å². The van der Waals surface area contributed by atoms with E-state index in [9.17, 15) is 24.9 Å². The molecule has 3 N–H and O–H groups in total. The molecule has 13 atom stereocenters. The first-order valence-electron chi connectivity index (χ1n) is 14.6. The van der Waals surface area contributed by atoms with Crippen molar-refractivity contribution in [1.29, 1.82) is 0 Å². The van der Waals surface area contributed by atoms with Crippen molar-refractivity contribution in [2.24, 2.45) is 28.6 Å². The summed E-state index contributed by atoms with van der Waals surface area (Å²) in [7, 11) is 1.53. The third kappa shape index (κ3) is 3.30. The monoisotopic (exact) mass is 560 g/mol. The molecule has 0 unspecified atom stereocenters. The van der Waals surface area contributed by atoms with Gasteiger partial charge in [-0.05, 0) is 68.8 Å². The maximum atomic E-state index is 14.2. The van der Waals surface area contributed by atoms with Gasteiger partial charge in [0.15, 0.2) is 5.78 Å². The Bertz CT molecular complexity index is 1200. The Hall–Kier alpha value is -1.66. The van der Waals surface area contributed by atoms with Gasteiger partial charge in [-0.2, -0.15) is 0 Å². The SMILES string of the molecule is CO[C@H]1C[C@@H](C)O[C@H]2O[C@@H]3C=C4CC[C@@H]5[C@H]([C@H](O)C(=O)[C@]6(C)[C@@H](C7=CC(=O)OC7)CC[C@]56O)[C@@]4(C)C[C@H]3O[C@]21O. The van der Waals surface area contributed by atoms with Gasteiger partial charge in [0.2, 0.25) is 12.1 Å². The number of esters is 1. The van der Waals surface area contributed by atoms with Crippen LogP contribution in [0, 0.1) is 28.6 Å². The average molecular weight is 561 g/mol. The van der Waals surface area contributed by atoms with E-state index in [-0.39, 0.29) is 30.3 Å². The highest BCUT2D eigenvalue weighted by Crippen LogP contribution is 2.68. The van der Waals surface area contributed by atoms with E-state index in [1.807, 2.05) is 19.9 Å². The fraction of sp³-hybridized carbons (Fsp3) is 0.800. The number of carbonyl (C=O) groups is 2. The maximum absolute atomic E-state index is 14.2. The third-order valence-corrected chi connectivity index (χ3v) is 11.9. The van der Waals surface area contributed by atoms with Gasteiger partial charge < -0.3 is 39.0 Å². The summed E-state index contributed by atoms with van der Waals surface area (Å²) in [6.45, 7) is 5.83. The van der Waals surface area contributed by atoms with Gasteiger partial charge in [0.05, 0.1) is 23.2 Å². The summed E-state index contributed by atoms with van der Waals surface area (Å²) in [4.78, 5) is 26.0. The van der Waals surface area contributed by atoms with Gasteiger partial charge in [-0.1, -0.05) is 18.6 Å². The average Bonchev–Trinajstić information content (AvgIpc) is 3.45. The van der Waals surface area contributed by atoms with Gasteiger partial charge in [0, 0.05) is 25.5 Å². The molecule has 0 aromatic rings. The lowest BCUT2D eigenvalue weighted by Crippen LogP contribution is -2.72. The Balaban J connectivity index is 1.24. The molecule has 2 saturated heterocycles. The molecule has 0 bridgehead atoms. The second-order valence-corrected chi connectivity index (χ2v) is 13.6. The lowest BCUT2D eigenvalue weighted by Gasteiger charge is -2.63. The van der Waals surface area contributed by atoms with Crippen LogP contribution in [0.4, 0.5) is 0 Å². The molecule has 0 spiro atoms. The number of rotatable bonds is 2. The van der Waals surface area contributed by atoms with Gasteiger partial charge in [-0.3, -0.25) is 4.79 Å². The number of Topliss-reactive ketones (excluding diaryl/α,β-unsaturated/α-hetero) is 1. The molecule has 10 heteroatoms. The van der Waals surface area contributed by atoms with Crippen molar-refractivity contribution in [3.8, 4) is 0 Å². The highest BCUT2D eigenvalue weighted by atomic mass is 16.8. The van der Waals surface area contributed by atoms with Crippen molar-refractivity contribution in [2.75, 3.05) is 13.7 Å². The molecule has 3 aliphatic heterocycles. The molecule has 7 aliphatic rings. The zero-order valence-electron chi connectivity index (χ0n) is 23.5. The topological polar surface area (TPSA) is 141 Å². The van der Waals surface area contributed by atoms with Crippen molar-refractivity contribution in [3.05, 3.63) is 23.3 Å². The van der Waals surface area contributed by atoms with Gasteiger partial charge in [-0.25, -0.2) is 4.79 Å². The van der Waals surface area contributed by atoms with Crippen LogP contribution < -0.4 is 0 Å². The van der Waals surface area contributed by atoms with Crippen molar-refractivity contribution in [2.45, 2.75) is 107 Å². The molecular weight excluding hydrogens is 520 g/mol. The molecule has 220 valence electrons. The van der Waals surface area contributed by atoms with E-state index in [0.717, 1.165) is 11.1 Å². The number of allylic oxidation sites excluding steroid dienone is 1. The second kappa shape index (κ2) is 8.69. The number of fused-ring (bicyclic) bond motifs is 7. The first-order valence-corrected chi connectivity index (χ1v) is 14.6. The first-order chi connectivity index (χ1) is 18.9. The van der Waals surface area contributed by atoms with E-state index >= 15 is 0 Å². The fourth-order valence-electron chi connectivity index (χ4n) is 9.84. The summed E-state index contributed by atoms with van der Waals surface area (Å²) in [6.07, 6.45) is 2.44. The normalized spacial score (nSPS) is 55.2. The standard InChI is InChI=1S/C30H40O10/c1-14-9-21(36-4)30(35)26(38-14)39-19-11-16-5-6-18-23(27(16,2)12-20(19)40-30)24(32)25(33)28(3)17(7-8-29(18,28)34)15-10-22(31)37-13-15/h10-11,14,17-21,23-24,26,32,34-35H,5-9,12-13H2,1-4H3/t14-,17-,18-,19-,20-,21+,23-,24+,26+,27+,28+,29+,30+/m1/s1. The fourth-order valence-corrected chi connectivity index (χ4v) is 9.84. The second-order valence-electron chi connectivity index (χ2n) is 13.6. The molecular formula is C30H40O10. The van der Waals surface area contributed by atoms with E-state index in [0.29, 0.717) is 38.5 Å². The van der Waals surface area contributed by atoms with E-state index in [1.54, 1.807) is 6.92 Å². The van der Waals surface area contributed by atoms with E-state index < -0.39 is 64.8 Å². The van der Waals surface area contributed by atoms with Crippen molar-refractivity contribution in [3.63, 3.8) is 0 Å². The molecule has 0 aromatic heterocycles. The molecule has 0 amide bonds. The number of hydrogen-bond acceptors (Lipinski definition) is 10. The Labute approximate surface area is 233 Å². The molecule has 0 aromatic carbocycles. The van der Waals surface area contributed by atoms with Crippen molar-refractivity contribution >= 4 is 11.8 Å². The summed E-state index contributed by atoms with van der Waals surface area (Å²) in [5.74, 6) is -3.84. The molecule has 3 heterocycles. The van der Waals surface area contributed by atoms with Gasteiger partial charge in [0.1, 0.15) is 24.9 Å². The Morgan fingerprint density at radius 2 is 1.90 bits per heavy atom. The Kier molecular flexibility index (Phi) is 5.91. The summed E-state index contributed by atoms with van der Waals surface area (Å²) in [5, 5.41) is 35.8. The van der Waals surface area contributed by atoms with Crippen molar-refractivity contribution in [1.82, 2.24) is 0 Å². The zero-order valence-corrected chi connectivity index (χ0v) is 23.5. The third-order valence-electron chi connectivity index (χ3n) is 11.9. The summed E-state index contributed by atoms with van der Waals surface area (Å²) in [5.41, 5.74) is -1.44. The molecule has 7 rings (SSSR count). The number of aliphatic hydroxyl groups excluding tert-OH is 1. The number of ketones is 1. The number of carbonyl (C=O) groups excluding carboxylic acids is 2. The molecule has 0 radical (unpaired) electrons. The van der Waals surface area contributed by atoms with Crippen LogP contribution in [0.3, 0.4) is 0 Å². The van der Waals surface area contributed by atoms with Crippen molar-refractivity contribution < 1.29 is 48.6 Å². The number of aliphatic hydroxyl groups is 3. The summed E-state index contributed by atoms with van der Waals surface area (Å²) >= 11 is 0. The van der Waals surface area contributed by atoms with Gasteiger partial charge in [0.25, 0.3) is 0 Å².